The summed E-state index contributed by atoms with van der Waals surface area (Å²) in [4.78, 5) is 21.7. The van der Waals surface area contributed by atoms with Gasteiger partial charge < -0.3 is 15.2 Å². The van der Waals surface area contributed by atoms with E-state index in [0.29, 0.717) is 5.57 Å². The summed E-state index contributed by atoms with van der Waals surface area (Å²) in [6.07, 6.45) is 0.227. The number of aliphatic carboxylic acids is 1. The van der Waals surface area contributed by atoms with Crippen LogP contribution < -0.4 is 5.32 Å². The molecule has 5 nitrogen and oxygen atoms in total. The van der Waals surface area contributed by atoms with Crippen LogP contribution in [0.15, 0.2) is 12.2 Å². The van der Waals surface area contributed by atoms with Crippen LogP contribution in [0.3, 0.4) is 0 Å². The third-order valence-corrected chi connectivity index (χ3v) is 1.46. The molecular weight excluding hydrogens is 186 g/mol. The first-order valence-electron chi connectivity index (χ1n) is 4.13. The van der Waals surface area contributed by atoms with E-state index in [2.05, 4.69) is 16.6 Å². The highest BCUT2D eigenvalue weighted by Gasteiger charge is 2.19. The molecule has 0 aromatic rings. The topological polar surface area (TPSA) is 75.6 Å². The number of ether oxygens (including phenoxy) is 1. The lowest BCUT2D eigenvalue weighted by molar-refractivity contribution is -0.142. The van der Waals surface area contributed by atoms with Crippen LogP contribution in [-0.2, 0) is 14.3 Å². The van der Waals surface area contributed by atoms with E-state index in [-0.39, 0.29) is 13.0 Å². The summed E-state index contributed by atoms with van der Waals surface area (Å²) in [5.74, 6) is -1.52. The number of carboxylic acids is 1. The fourth-order valence-electron chi connectivity index (χ4n) is 0.916. The third-order valence-electron chi connectivity index (χ3n) is 1.46. The van der Waals surface area contributed by atoms with E-state index in [1.807, 2.05) is 0 Å². The highest BCUT2D eigenvalue weighted by molar-refractivity contribution is 5.84. The lowest BCUT2D eigenvalue weighted by atomic mass is 10.1. The molecule has 1 atom stereocenters. The van der Waals surface area contributed by atoms with Crippen molar-refractivity contribution in [3.8, 4) is 0 Å². The lowest BCUT2D eigenvalue weighted by Crippen LogP contribution is -2.42. The highest BCUT2D eigenvalue weighted by atomic mass is 16.5. The summed E-state index contributed by atoms with van der Waals surface area (Å²) in [5.41, 5.74) is 0.704. The van der Waals surface area contributed by atoms with E-state index in [9.17, 15) is 9.59 Å². The lowest BCUT2D eigenvalue weighted by Gasteiger charge is -2.13. The van der Waals surface area contributed by atoms with Crippen LogP contribution in [-0.4, -0.2) is 36.7 Å². The summed E-state index contributed by atoms with van der Waals surface area (Å²) in [6.45, 7) is 5.15. The van der Waals surface area contributed by atoms with Crippen molar-refractivity contribution in [3.63, 3.8) is 0 Å². The zero-order valence-electron chi connectivity index (χ0n) is 8.37. The van der Waals surface area contributed by atoms with Gasteiger partial charge in [0.1, 0.15) is 12.6 Å². The van der Waals surface area contributed by atoms with Gasteiger partial charge >= 0.3 is 5.97 Å². The second kappa shape index (κ2) is 6.15. The second-order valence-electron chi connectivity index (χ2n) is 3.05. The Morgan fingerprint density at radius 3 is 2.50 bits per heavy atom. The Balaban J connectivity index is 4.16. The Bertz CT molecular complexity index is 237. The van der Waals surface area contributed by atoms with Gasteiger partial charge in [-0.25, -0.2) is 4.79 Å². The smallest absolute Gasteiger partial charge is 0.326 e. The first kappa shape index (κ1) is 12.6. The molecule has 0 saturated carbocycles. The van der Waals surface area contributed by atoms with Gasteiger partial charge in [-0.1, -0.05) is 5.57 Å². The molecule has 0 spiro atoms. The number of carboxylic acid groups (broad SMARTS) is 1. The van der Waals surface area contributed by atoms with Gasteiger partial charge in [-0.3, -0.25) is 4.79 Å². The molecule has 0 aromatic carbocycles. The van der Waals surface area contributed by atoms with Crippen molar-refractivity contribution in [2.75, 3.05) is 13.7 Å². The molecule has 1 amide bonds. The monoisotopic (exact) mass is 201 g/mol. The van der Waals surface area contributed by atoms with Gasteiger partial charge in [-0.2, -0.15) is 0 Å². The fourth-order valence-corrected chi connectivity index (χ4v) is 0.916. The summed E-state index contributed by atoms with van der Waals surface area (Å²) < 4.78 is 4.56. The Hall–Kier alpha value is -1.36. The largest absolute Gasteiger partial charge is 0.480 e. The molecule has 0 fully saturated rings. The average Bonchev–Trinajstić information content (AvgIpc) is 2.02. The number of hydrogen-bond donors (Lipinski definition) is 2. The van der Waals surface area contributed by atoms with Crippen molar-refractivity contribution in [2.24, 2.45) is 0 Å². The molecule has 0 aromatic heterocycles. The summed E-state index contributed by atoms with van der Waals surface area (Å²) in [5, 5.41) is 11.1. The van der Waals surface area contributed by atoms with Gasteiger partial charge in [0.2, 0.25) is 5.91 Å². The fraction of sp³-hybridized carbons (Fsp3) is 0.556. The molecule has 0 rings (SSSR count). The third kappa shape index (κ3) is 5.31. The van der Waals surface area contributed by atoms with Crippen molar-refractivity contribution < 1.29 is 19.4 Å². The average molecular weight is 201 g/mol. The summed E-state index contributed by atoms with van der Waals surface area (Å²) in [6, 6.07) is -0.921. The predicted molar refractivity (Wildman–Crippen MR) is 50.9 cm³/mol. The maximum atomic E-state index is 11.0. The van der Waals surface area contributed by atoms with Gasteiger partial charge in [-0.15, -0.1) is 6.58 Å². The molecule has 0 aliphatic rings. The molecule has 2 N–H and O–H groups in total. The van der Waals surface area contributed by atoms with Crippen molar-refractivity contribution in [1.82, 2.24) is 5.32 Å². The number of rotatable bonds is 6. The standard InChI is InChI=1S/C9H15NO4/c1-6(2)4-7(9(12)13)10-8(11)5-14-3/h7H,1,4-5H2,2-3H3,(H,10,11)(H,12,13). The van der Waals surface area contributed by atoms with Crippen LogP contribution in [0.25, 0.3) is 0 Å². The van der Waals surface area contributed by atoms with Gasteiger partial charge in [0.25, 0.3) is 0 Å². The Morgan fingerprint density at radius 1 is 1.57 bits per heavy atom. The van der Waals surface area contributed by atoms with Crippen LogP contribution in [0, 0.1) is 0 Å². The normalized spacial score (nSPS) is 11.9. The van der Waals surface area contributed by atoms with Gasteiger partial charge in [0.15, 0.2) is 0 Å². The van der Waals surface area contributed by atoms with Crippen LogP contribution >= 0.6 is 0 Å². The molecular formula is C9H15NO4. The van der Waals surface area contributed by atoms with Crippen molar-refractivity contribution in [3.05, 3.63) is 12.2 Å². The quantitative estimate of drug-likeness (QED) is 0.600. The number of hydrogen-bond acceptors (Lipinski definition) is 3. The Kier molecular flexibility index (Phi) is 5.55. The zero-order chi connectivity index (χ0) is 11.1. The number of methoxy groups -OCH3 is 1. The number of carbonyl (C=O) groups excluding carboxylic acids is 1. The molecule has 0 heterocycles. The Morgan fingerprint density at radius 2 is 2.14 bits per heavy atom. The van der Waals surface area contributed by atoms with Gasteiger partial charge in [0, 0.05) is 7.11 Å². The van der Waals surface area contributed by atoms with Crippen LogP contribution in [0.1, 0.15) is 13.3 Å². The molecule has 14 heavy (non-hydrogen) atoms. The molecule has 1 unspecified atom stereocenters. The van der Waals surface area contributed by atoms with E-state index in [1.54, 1.807) is 6.92 Å². The van der Waals surface area contributed by atoms with E-state index < -0.39 is 17.9 Å². The maximum absolute atomic E-state index is 11.0. The van der Waals surface area contributed by atoms with Gasteiger partial charge in [0.05, 0.1) is 0 Å². The highest BCUT2D eigenvalue weighted by Crippen LogP contribution is 2.01. The first-order chi connectivity index (χ1) is 6.47. The minimum Gasteiger partial charge on any atom is -0.480 e. The van der Waals surface area contributed by atoms with Crippen LogP contribution in [0.2, 0.25) is 0 Å². The van der Waals surface area contributed by atoms with Crippen molar-refractivity contribution >= 4 is 11.9 Å². The molecule has 0 bridgehead atoms. The van der Waals surface area contributed by atoms with Crippen molar-refractivity contribution in [1.29, 1.82) is 0 Å². The van der Waals surface area contributed by atoms with E-state index in [0.717, 1.165) is 0 Å². The van der Waals surface area contributed by atoms with Crippen LogP contribution in [0.4, 0.5) is 0 Å². The van der Waals surface area contributed by atoms with E-state index >= 15 is 0 Å². The molecule has 0 saturated heterocycles. The second-order valence-corrected chi connectivity index (χ2v) is 3.05. The Labute approximate surface area is 82.7 Å². The molecule has 5 heteroatoms. The minimum absolute atomic E-state index is 0.139. The predicted octanol–water partition coefficient (Wildman–Crippen LogP) is 0.168. The van der Waals surface area contributed by atoms with Crippen LogP contribution in [0.5, 0.6) is 0 Å². The molecule has 80 valence electrons. The number of nitrogens with one attached hydrogen (secondary N) is 1. The van der Waals surface area contributed by atoms with Crippen molar-refractivity contribution in [2.45, 2.75) is 19.4 Å². The zero-order valence-corrected chi connectivity index (χ0v) is 8.37. The summed E-state index contributed by atoms with van der Waals surface area (Å²) in [7, 11) is 1.37. The number of amides is 1. The van der Waals surface area contributed by atoms with Gasteiger partial charge in [-0.05, 0) is 13.3 Å². The number of carbonyl (C=O) groups is 2. The van der Waals surface area contributed by atoms with E-state index in [4.69, 9.17) is 5.11 Å². The molecule has 0 aliphatic heterocycles. The first-order valence-corrected chi connectivity index (χ1v) is 4.13. The summed E-state index contributed by atoms with van der Waals surface area (Å²) >= 11 is 0. The molecule has 0 radical (unpaired) electrons. The minimum atomic E-state index is -1.07. The molecule has 0 aliphatic carbocycles. The SMILES string of the molecule is C=C(C)CC(NC(=O)COC)C(=O)O. The maximum Gasteiger partial charge on any atom is 0.326 e. The van der Waals surface area contributed by atoms with E-state index in [1.165, 1.54) is 7.11 Å².